The molecule has 0 N–H and O–H groups in total. The van der Waals surface area contributed by atoms with Gasteiger partial charge in [0, 0.05) is 19.0 Å². The zero-order valence-corrected chi connectivity index (χ0v) is 19.7. The van der Waals surface area contributed by atoms with E-state index in [1.807, 2.05) is 51.1 Å². The van der Waals surface area contributed by atoms with E-state index in [2.05, 4.69) is 6.58 Å². The second-order valence-electron chi connectivity index (χ2n) is 7.93. The Bertz CT molecular complexity index is 919. The number of amides is 2. The number of methoxy groups -OCH3 is 2. The van der Waals surface area contributed by atoms with Crippen molar-refractivity contribution in [3.8, 4) is 11.5 Å². The molecular weight excluding hydrogens is 408 g/mol. The molecule has 0 fully saturated rings. The van der Waals surface area contributed by atoms with Gasteiger partial charge in [-0.2, -0.15) is 0 Å². The van der Waals surface area contributed by atoms with Crippen LogP contribution < -0.4 is 9.47 Å². The predicted octanol–water partition coefficient (Wildman–Crippen LogP) is 3.85. The minimum atomic E-state index is -0.198. The van der Waals surface area contributed by atoms with Crippen LogP contribution in [-0.4, -0.2) is 55.5 Å². The fourth-order valence-electron chi connectivity index (χ4n) is 3.37. The molecule has 0 radical (unpaired) electrons. The minimum Gasteiger partial charge on any atom is -0.493 e. The summed E-state index contributed by atoms with van der Waals surface area (Å²) in [5, 5.41) is 0. The van der Waals surface area contributed by atoms with Gasteiger partial charge in [-0.1, -0.05) is 26.0 Å². The van der Waals surface area contributed by atoms with E-state index in [1.165, 1.54) is 4.90 Å². The SMILES string of the molecule is C=CCN(CC(=O)N(CCc1ccc(OC)c(OC)c1)Cc1ccc(C)o1)C(=O)C(C)C. The summed E-state index contributed by atoms with van der Waals surface area (Å²) in [6, 6.07) is 9.45. The van der Waals surface area contributed by atoms with Crippen molar-refractivity contribution in [2.24, 2.45) is 5.92 Å². The van der Waals surface area contributed by atoms with Gasteiger partial charge in [-0.3, -0.25) is 9.59 Å². The van der Waals surface area contributed by atoms with Crippen LogP contribution in [0.4, 0.5) is 0 Å². The van der Waals surface area contributed by atoms with Crippen molar-refractivity contribution < 1.29 is 23.5 Å². The summed E-state index contributed by atoms with van der Waals surface area (Å²) in [6.07, 6.45) is 2.25. The van der Waals surface area contributed by atoms with Gasteiger partial charge < -0.3 is 23.7 Å². The molecular formula is C25H34N2O5. The van der Waals surface area contributed by atoms with Gasteiger partial charge in [0.15, 0.2) is 11.5 Å². The molecule has 1 aromatic carbocycles. The third kappa shape index (κ3) is 6.90. The molecule has 2 aromatic rings. The molecule has 0 aliphatic carbocycles. The molecule has 1 aromatic heterocycles. The van der Waals surface area contributed by atoms with E-state index in [0.29, 0.717) is 43.3 Å². The van der Waals surface area contributed by atoms with E-state index >= 15 is 0 Å². The van der Waals surface area contributed by atoms with Crippen LogP contribution in [-0.2, 0) is 22.6 Å². The van der Waals surface area contributed by atoms with Crippen molar-refractivity contribution >= 4 is 11.8 Å². The number of ether oxygens (including phenoxy) is 2. The zero-order chi connectivity index (χ0) is 23.7. The molecule has 0 saturated heterocycles. The number of carbonyl (C=O) groups excluding carboxylic acids is 2. The summed E-state index contributed by atoms with van der Waals surface area (Å²) in [7, 11) is 3.19. The maximum absolute atomic E-state index is 13.2. The van der Waals surface area contributed by atoms with E-state index in [-0.39, 0.29) is 24.3 Å². The third-order valence-electron chi connectivity index (χ3n) is 5.09. The topological polar surface area (TPSA) is 72.2 Å². The average Bonchev–Trinajstić information content (AvgIpc) is 3.19. The molecule has 0 spiro atoms. The predicted molar refractivity (Wildman–Crippen MR) is 124 cm³/mol. The Morgan fingerprint density at radius 2 is 1.81 bits per heavy atom. The summed E-state index contributed by atoms with van der Waals surface area (Å²) in [5.41, 5.74) is 1.01. The molecule has 2 amide bonds. The van der Waals surface area contributed by atoms with Gasteiger partial charge in [0.25, 0.3) is 0 Å². The first-order valence-electron chi connectivity index (χ1n) is 10.7. The van der Waals surface area contributed by atoms with E-state index in [9.17, 15) is 9.59 Å². The summed E-state index contributed by atoms with van der Waals surface area (Å²) in [6.45, 7) is 10.3. The van der Waals surface area contributed by atoms with E-state index in [1.54, 1.807) is 25.2 Å². The van der Waals surface area contributed by atoms with Crippen LogP contribution in [0.5, 0.6) is 11.5 Å². The Morgan fingerprint density at radius 3 is 2.38 bits per heavy atom. The Balaban J connectivity index is 2.18. The first-order valence-corrected chi connectivity index (χ1v) is 10.7. The van der Waals surface area contributed by atoms with Crippen LogP contribution in [0.3, 0.4) is 0 Å². The van der Waals surface area contributed by atoms with Gasteiger partial charge in [0.2, 0.25) is 11.8 Å². The summed E-state index contributed by atoms with van der Waals surface area (Å²) in [5.74, 6) is 2.37. The van der Waals surface area contributed by atoms with Crippen LogP contribution in [0.15, 0.2) is 47.4 Å². The van der Waals surface area contributed by atoms with Gasteiger partial charge in [0.05, 0.1) is 20.8 Å². The highest BCUT2D eigenvalue weighted by atomic mass is 16.5. The lowest BCUT2D eigenvalue weighted by Crippen LogP contribution is -2.44. The van der Waals surface area contributed by atoms with Crippen molar-refractivity contribution in [3.05, 3.63) is 60.1 Å². The molecule has 0 aliphatic rings. The molecule has 32 heavy (non-hydrogen) atoms. The lowest BCUT2D eigenvalue weighted by Gasteiger charge is -2.27. The Hall–Kier alpha value is -3.22. The van der Waals surface area contributed by atoms with Gasteiger partial charge in [-0.15, -0.1) is 6.58 Å². The monoisotopic (exact) mass is 442 g/mol. The molecule has 0 saturated carbocycles. The standard InChI is InChI=1S/C25H34N2O5/c1-7-13-27(25(29)18(2)3)17-24(28)26(16-21-10-8-19(4)32-21)14-12-20-9-11-22(30-5)23(15-20)31-6/h7-11,15,18H,1,12-14,16-17H2,2-6H3. The summed E-state index contributed by atoms with van der Waals surface area (Å²) in [4.78, 5) is 29.0. The van der Waals surface area contributed by atoms with Crippen molar-refractivity contribution in [2.75, 3.05) is 33.9 Å². The number of hydrogen-bond acceptors (Lipinski definition) is 5. The Labute approximate surface area is 190 Å². The molecule has 7 heteroatoms. The normalized spacial score (nSPS) is 10.7. The molecule has 0 bridgehead atoms. The molecule has 0 atom stereocenters. The lowest BCUT2D eigenvalue weighted by molar-refractivity contribution is -0.142. The molecule has 2 rings (SSSR count). The Morgan fingerprint density at radius 1 is 1.09 bits per heavy atom. The smallest absolute Gasteiger partial charge is 0.242 e. The largest absolute Gasteiger partial charge is 0.493 e. The van der Waals surface area contributed by atoms with E-state index in [4.69, 9.17) is 13.9 Å². The quantitative estimate of drug-likeness (QED) is 0.467. The zero-order valence-electron chi connectivity index (χ0n) is 19.7. The highest BCUT2D eigenvalue weighted by molar-refractivity contribution is 5.85. The van der Waals surface area contributed by atoms with Crippen LogP contribution in [0, 0.1) is 12.8 Å². The number of hydrogen-bond donors (Lipinski definition) is 0. The highest BCUT2D eigenvalue weighted by Gasteiger charge is 2.23. The summed E-state index contributed by atoms with van der Waals surface area (Å²) >= 11 is 0. The van der Waals surface area contributed by atoms with Crippen LogP contribution in [0.2, 0.25) is 0 Å². The maximum Gasteiger partial charge on any atom is 0.242 e. The van der Waals surface area contributed by atoms with Crippen molar-refractivity contribution in [1.82, 2.24) is 9.80 Å². The fraction of sp³-hybridized carbons (Fsp3) is 0.440. The third-order valence-corrected chi connectivity index (χ3v) is 5.09. The summed E-state index contributed by atoms with van der Waals surface area (Å²) < 4.78 is 16.4. The second kappa shape index (κ2) is 12.0. The van der Waals surface area contributed by atoms with Crippen molar-refractivity contribution in [2.45, 2.75) is 33.7 Å². The molecule has 0 aliphatic heterocycles. The van der Waals surface area contributed by atoms with Crippen LogP contribution in [0.25, 0.3) is 0 Å². The number of carbonyl (C=O) groups is 2. The van der Waals surface area contributed by atoms with Crippen molar-refractivity contribution in [1.29, 1.82) is 0 Å². The maximum atomic E-state index is 13.2. The Kier molecular flexibility index (Phi) is 9.38. The molecule has 174 valence electrons. The first kappa shape index (κ1) is 25.0. The highest BCUT2D eigenvalue weighted by Crippen LogP contribution is 2.27. The number of benzene rings is 1. The van der Waals surface area contributed by atoms with Gasteiger partial charge >= 0.3 is 0 Å². The fourth-order valence-corrected chi connectivity index (χ4v) is 3.37. The average molecular weight is 443 g/mol. The number of aryl methyl sites for hydroxylation is 1. The minimum absolute atomic E-state index is 0.00530. The van der Waals surface area contributed by atoms with E-state index < -0.39 is 0 Å². The van der Waals surface area contributed by atoms with Crippen LogP contribution in [0.1, 0.15) is 30.9 Å². The first-order chi connectivity index (χ1) is 15.3. The second-order valence-corrected chi connectivity index (χ2v) is 7.93. The van der Waals surface area contributed by atoms with Crippen molar-refractivity contribution in [3.63, 3.8) is 0 Å². The number of rotatable bonds is 12. The van der Waals surface area contributed by atoms with E-state index in [0.717, 1.165) is 11.3 Å². The number of furan rings is 1. The van der Waals surface area contributed by atoms with Gasteiger partial charge in [-0.25, -0.2) is 0 Å². The number of nitrogens with zero attached hydrogens (tertiary/aromatic N) is 2. The molecule has 7 nitrogen and oxygen atoms in total. The molecule has 0 unspecified atom stereocenters. The van der Waals surface area contributed by atoms with Crippen LogP contribution >= 0.6 is 0 Å². The molecule has 1 heterocycles. The lowest BCUT2D eigenvalue weighted by atomic mass is 10.1. The van der Waals surface area contributed by atoms with Gasteiger partial charge in [0.1, 0.15) is 18.1 Å². The van der Waals surface area contributed by atoms with Gasteiger partial charge in [-0.05, 0) is 43.2 Å².